The van der Waals surface area contributed by atoms with Crippen LogP contribution in [-0.2, 0) is 15.7 Å². The molecule has 2 fully saturated rings. The highest BCUT2D eigenvalue weighted by molar-refractivity contribution is 6.62. The first-order valence-electron chi connectivity index (χ1n) is 7.28. The van der Waals surface area contributed by atoms with E-state index in [4.69, 9.17) is 20.9 Å². The van der Waals surface area contributed by atoms with Crippen LogP contribution in [0.2, 0.25) is 5.15 Å². The second kappa shape index (κ2) is 4.72. The quantitative estimate of drug-likeness (QED) is 0.634. The SMILES string of the molecule is CC1(C)OB(c2cnc(Cl)cc2CC2CC2)OC1(C)C. The average Bonchev–Trinajstić information content (AvgIpc) is 3.07. The van der Waals surface area contributed by atoms with Gasteiger partial charge in [-0.25, -0.2) is 4.98 Å². The first-order valence-corrected chi connectivity index (χ1v) is 7.66. The van der Waals surface area contributed by atoms with Gasteiger partial charge in [0.25, 0.3) is 0 Å². The predicted molar refractivity (Wildman–Crippen MR) is 81.4 cm³/mol. The average molecular weight is 294 g/mol. The van der Waals surface area contributed by atoms with Crippen LogP contribution in [0.1, 0.15) is 46.1 Å². The van der Waals surface area contributed by atoms with Crippen molar-refractivity contribution >= 4 is 24.2 Å². The van der Waals surface area contributed by atoms with Gasteiger partial charge in [0.1, 0.15) is 5.15 Å². The number of nitrogens with zero attached hydrogens (tertiary/aromatic N) is 1. The Labute approximate surface area is 126 Å². The lowest BCUT2D eigenvalue weighted by molar-refractivity contribution is 0.00578. The highest BCUT2D eigenvalue weighted by atomic mass is 35.5. The molecule has 3 nitrogen and oxygen atoms in total. The Bertz CT molecular complexity index is 513. The number of aromatic nitrogens is 1. The van der Waals surface area contributed by atoms with Gasteiger partial charge in [-0.05, 0) is 64.5 Å². The van der Waals surface area contributed by atoms with Gasteiger partial charge in [-0.3, -0.25) is 0 Å². The van der Waals surface area contributed by atoms with E-state index in [0.717, 1.165) is 17.8 Å². The summed E-state index contributed by atoms with van der Waals surface area (Å²) in [5.41, 5.74) is 1.59. The second-order valence-corrected chi connectivity index (χ2v) is 7.33. The summed E-state index contributed by atoms with van der Waals surface area (Å²) in [4.78, 5) is 4.21. The lowest BCUT2D eigenvalue weighted by Gasteiger charge is -2.32. The zero-order valence-corrected chi connectivity index (χ0v) is 13.3. The van der Waals surface area contributed by atoms with E-state index in [1.807, 2.05) is 12.3 Å². The molecule has 0 unspecified atom stereocenters. The number of halogens is 1. The van der Waals surface area contributed by atoms with E-state index in [9.17, 15) is 0 Å². The summed E-state index contributed by atoms with van der Waals surface area (Å²) in [6.45, 7) is 8.27. The molecule has 20 heavy (non-hydrogen) atoms. The summed E-state index contributed by atoms with van der Waals surface area (Å²) in [6, 6.07) is 1.96. The fraction of sp³-hybridized carbons (Fsp3) is 0.667. The fourth-order valence-electron chi connectivity index (χ4n) is 2.47. The minimum atomic E-state index is -0.349. The minimum absolute atomic E-state index is 0.325. The van der Waals surface area contributed by atoms with Gasteiger partial charge in [0, 0.05) is 11.7 Å². The maximum absolute atomic E-state index is 6.13. The van der Waals surface area contributed by atoms with Gasteiger partial charge < -0.3 is 9.31 Å². The van der Waals surface area contributed by atoms with Crippen molar-refractivity contribution < 1.29 is 9.31 Å². The van der Waals surface area contributed by atoms with Gasteiger partial charge in [-0.2, -0.15) is 0 Å². The molecule has 0 N–H and O–H groups in total. The lowest BCUT2D eigenvalue weighted by atomic mass is 9.76. The third kappa shape index (κ3) is 2.61. The van der Waals surface area contributed by atoms with Gasteiger partial charge >= 0.3 is 7.12 Å². The van der Waals surface area contributed by atoms with Crippen molar-refractivity contribution in [3.8, 4) is 0 Å². The van der Waals surface area contributed by atoms with Crippen LogP contribution in [-0.4, -0.2) is 23.3 Å². The molecule has 2 heterocycles. The topological polar surface area (TPSA) is 31.4 Å². The Kier molecular flexibility index (Phi) is 3.39. The number of pyridine rings is 1. The molecule has 1 aromatic heterocycles. The lowest BCUT2D eigenvalue weighted by Crippen LogP contribution is -2.41. The molecule has 1 aromatic rings. The molecule has 1 saturated carbocycles. The molecular weight excluding hydrogens is 272 g/mol. The molecule has 0 bridgehead atoms. The monoisotopic (exact) mass is 293 g/mol. The summed E-state index contributed by atoms with van der Waals surface area (Å²) >= 11 is 6.05. The normalized spacial score (nSPS) is 24.1. The largest absolute Gasteiger partial charge is 0.496 e. The maximum atomic E-state index is 6.13. The smallest absolute Gasteiger partial charge is 0.399 e. The van der Waals surface area contributed by atoms with Crippen LogP contribution in [0.4, 0.5) is 0 Å². The van der Waals surface area contributed by atoms with Crippen LogP contribution in [0.15, 0.2) is 12.3 Å². The molecule has 1 saturated heterocycles. The van der Waals surface area contributed by atoms with Crippen molar-refractivity contribution in [3.63, 3.8) is 0 Å². The van der Waals surface area contributed by atoms with E-state index in [1.54, 1.807) is 0 Å². The Hall–Kier alpha value is -0.575. The van der Waals surface area contributed by atoms with Crippen molar-refractivity contribution in [2.75, 3.05) is 0 Å². The zero-order chi connectivity index (χ0) is 14.5. The van der Waals surface area contributed by atoms with Crippen LogP contribution in [0.25, 0.3) is 0 Å². The van der Waals surface area contributed by atoms with Crippen molar-refractivity contribution in [2.45, 2.75) is 58.2 Å². The van der Waals surface area contributed by atoms with Crippen LogP contribution in [0.3, 0.4) is 0 Å². The third-order valence-electron chi connectivity index (χ3n) is 4.70. The molecule has 0 aromatic carbocycles. The second-order valence-electron chi connectivity index (χ2n) is 6.94. The highest BCUT2D eigenvalue weighted by Crippen LogP contribution is 2.37. The van der Waals surface area contributed by atoms with Gasteiger partial charge in [0.15, 0.2) is 0 Å². The number of rotatable bonds is 3. The molecule has 0 atom stereocenters. The molecular formula is C15H21BClNO2. The van der Waals surface area contributed by atoms with Crippen LogP contribution < -0.4 is 5.46 Å². The summed E-state index contributed by atoms with van der Waals surface area (Å²) in [5, 5.41) is 0.543. The van der Waals surface area contributed by atoms with E-state index < -0.39 is 0 Å². The fourth-order valence-corrected chi connectivity index (χ4v) is 2.65. The van der Waals surface area contributed by atoms with Gasteiger partial charge in [0.2, 0.25) is 0 Å². The van der Waals surface area contributed by atoms with Gasteiger partial charge in [-0.15, -0.1) is 0 Å². The molecule has 0 amide bonds. The van der Waals surface area contributed by atoms with Crippen molar-refractivity contribution in [1.82, 2.24) is 4.98 Å². The van der Waals surface area contributed by atoms with Crippen LogP contribution in [0, 0.1) is 5.92 Å². The van der Waals surface area contributed by atoms with Gasteiger partial charge in [-0.1, -0.05) is 11.6 Å². The van der Waals surface area contributed by atoms with Crippen molar-refractivity contribution in [1.29, 1.82) is 0 Å². The van der Waals surface area contributed by atoms with E-state index >= 15 is 0 Å². The highest BCUT2D eigenvalue weighted by Gasteiger charge is 2.52. The van der Waals surface area contributed by atoms with E-state index in [-0.39, 0.29) is 18.3 Å². The Morgan fingerprint density at radius 3 is 2.40 bits per heavy atom. The molecule has 1 aliphatic carbocycles. The summed E-state index contributed by atoms with van der Waals surface area (Å²) in [5.74, 6) is 0.787. The summed E-state index contributed by atoms with van der Waals surface area (Å²) in [7, 11) is -0.349. The van der Waals surface area contributed by atoms with Crippen LogP contribution >= 0.6 is 11.6 Å². The Morgan fingerprint density at radius 2 is 1.85 bits per heavy atom. The third-order valence-corrected chi connectivity index (χ3v) is 4.91. The van der Waals surface area contributed by atoms with E-state index in [1.165, 1.54) is 18.4 Å². The van der Waals surface area contributed by atoms with E-state index in [2.05, 4.69) is 32.7 Å². The van der Waals surface area contributed by atoms with Crippen LogP contribution in [0.5, 0.6) is 0 Å². The van der Waals surface area contributed by atoms with E-state index in [0.29, 0.717) is 5.15 Å². The Morgan fingerprint density at radius 1 is 1.25 bits per heavy atom. The molecule has 5 heteroatoms. The Balaban J connectivity index is 1.90. The number of hydrogen-bond acceptors (Lipinski definition) is 3. The van der Waals surface area contributed by atoms with Crippen molar-refractivity contribution in [3.05, 3.63) is 23.0 Å². The molecule has 0 radical (unpaired) electrons. The minimum Gasteiger partial charge on any atom is -0.399 e. The molecule has 1 aliphatic heterocycles. The van der Waals surface area contributed by atoms with Gasteiger partial charge in [0.05, 0.1) is 11.2 Å². The zero-order valence-electron chi connectivity index (χ0n) is 12.6. The first-order chi connectivity index (χ1) is 9.28. The first kappa shape index (κ1) is 14.4. The molecule has 2 aliphatic rings. The summed E-state index contributed by atoms with van der Waals surface area (Å²) < 4.78 is 12.3. The number of hydrogen-bond donors (Lipinski definition) is 0. The maximum Gasteiger partial charge on any atom is 0.496 e. The molecule has 108 valence electrons. The standard InChI is InChI=1S/C15H21BClNO2/c1-14(2)15(3,4)20-16(19-14)12-9-18-13(17)8-11(12)7-10-5-6-10/h8-10H,5-7H2,1-4H3. The predicted octanol–water partition coefficient (Wildman–Crippen LogP) is 2.99. The summed E-state index contributed by atoms with van der Waals surface area (Å²) in [6.07, 6.45) is 5.47. The molecule has 3 rings (SSSR count). The van der Waals surface area contributed by atoms with Crippen molar-refractivity contribution in [2.24, 2.45) is 5.92 Å². The molecule has 0 spiro atoms.